The van der Waals surface area contributed by atoms with Crippen LogP contribution >= 0.6 is 9.93 Å². The Kier molecular flexibility index (Phi) is 1.70. The Morgan fingerprint density at radius 2 is 1.86 bits per heavy atom. The van der Waals surface area contributed by atoms with Gasteiger partial charge >= 0.3 is 0 Å². The van der Waals surface area contributed by atoms with E-state index >= 15 is 0 Å². The lowest BCUT2D eigenvalue weighted by Crippen LogP contribution is -1.55. The SMILES string of the molecule is O=[SH][SH]1C=CC=C1. The van der Waals surface area contributed by atoms with Crippen molar-refractivity contribution < 1.29 is 4.21 Å². The van der Waals surface area contributed by atoms with E-state index in [4.69, 9.17) is 0 Å². The van der Waals surface area contributed by atoms with E-state index in [1.807, 2.05) is 23.0 Å². The lowest BCUT2D eigenvalue weighted by atomic mass is 10.6. The Morgan fingerprint density at radius 1 is 1.29 bits per heavy atom. The van der Waals surface area contributed by atoms with Gasteiger partial charge in [-0.15, -0.1) is 9.93 Å². The molecule has 0 atom stereocenters. The molecule has 3 heteroatoms. The molecule has 0 radical (unpaired) electrons. The van der Waals surface area contributed by atoms with E-state index in [1.54, 1.807) is 0 Å². The molecule has 1 rings (SSSR count). The monoisotopic (exact) mass is 134 g/mol. The van der Waals surface area contributed by atoms with Crippen LogP contribution in [-0.4, -0.2) is 4.21 Å². The van der Waals surface area contributed by atoms with Crippen molar-refractivity contribution in [3.05, 3.63) is 23.0 Å². The molecule has 0 aromatic heterocycles. The minimum Gasteiger partial charge on any atom is -0.252 e. The highest BCUT2D eigenvalue weighted by Crippen LogP contribution is 2.30. The van der Waals surface area contributed by atoms with E-state index < -0.39 is 0 Å². The molecule has 0 N–H and O–H groups in total. The van der Waals surface area contributed by atoms with Gasteiger partial charge < -0.3 is 0 Å². The first-order valence-electron chi connectivity index (χ1n) is 1.90. The molecule has 0 amide bonds. The largest absolute Gasteiger partial charge is 0.252 e. The molecule has 0 aromatic carbocycles. The molecule has 1 aliphatic rings. The van der Waals surface area contributed by atoms with Gasteiger partial charge in [0.2, 0.25) is 0 Å². The number of hydrogen-bond donors (Lipinski definition) is 2. The molecule has 0 bridgehead atoms. The van der Waals surface area contributed by atoms with Crippen molar-refractivity contribution in [2.75, 3.05) is 0 Å². The van der Waals surface area contributed by atoms with Gasteiger partial charge in [-0.05, 0) is 10.8 Å². The molecule has 7 heavy (non-hydrogen) atoms. The molecule has 40 valence electrons. The van der Waals surface area contributed by atoms with Crippen LogP contribution in [0.15, 0.2) is 23.0 Å². The zero-order chi connectivity index (χ0) is 5.11. The molecule has 1 nitrogen and oxygen atoms in total. The normalized spacial score (nSPS) is 21.4. The minimum absolute atomic E-state index is 0.263. The summed E-state index contributed by atoms with van der Waals surface area (Å²) in [5.41, 5.74) is 0. The summed E-state index contributed by atoms with van der Waals surface area (Å²) in [6, 6.07) is 0. The van der Waals surface area contributed by atoms with Crippen molar-refractivity contribution in [1.29, 1.82) is 0 Å². The average Bonchev–Trinajstić information content (AvgIpc) is 2.14. The van der Waals surface area contributed by atoms with Crippen molar-refractivity contribution in [3.63, 3.8) is 0 Å². The zero-order valence-corrected chi connectivity index (χ0v) is 5.40. The second kappa shape index (κ2) is 2.33. The first-order valence-corrected chi connectivity index (χ1v) is 4.90. The maximum absolute atomic E-state index is 10.0. The molecule has 1 aliphatic heterocycles. The van der Waals surface area contributed by atoms with E-state index in [-0.39, 0.29) is 20.6 Å². The average molecular weight is 134 g/mol. The Hall–Kier alpha value is -0.0200. The van der Waals surface area contributed by atoms with Crippen LogP contribution in [0.3, 0.4) is 0 Å². The summed E-state index contributed by atoms with van der Waals surface area (Å²) in [6.45, 7) is 0. The highest BCUT2D eigenvalue weighted by Gasteiger charge is 1.90. The summed E-state index contributed by atoms with van der Waals surface area (Å²) in [4.78, 5) is 0. The van der Waals surface area contributed by atoms with E-state index in [9.17, 15) is 4.21 Å². The minimum atomic E-state index is -0.387. The number of thiol groups is 2. The van der Waals surface area contributed by atoms with Gasteiger partial charge in [0.1, 0.15) is 0 Å². The lowest BCUT2D eigenvalue weighted by molar-refractivity contribution is 0.701. The molecule has 0 saturated carbocycles. The number of rotatable bonds is 1. The van der Waals surface area contributed by atoms with Crippen LogP contribution in [-0.2, 0) is 10.7 Å². The van der Waals surface area contributed by atoms with Crippen LogP contribution in [0.1, 0.15) is 0 Å². The molecule has 0 unspecified atom stereocenters. The molecule has 1 heterocycles. The molecule has 0 aliphatic carbocycles. The maximum Gasteiger partial charge on any atom is 0.0534 e. The van der Waals surface area contributed by atoms with Gasteiger partial charge in [0, 0.05) is 0 Å². The fourth-order valence-electron chi connectivity index (χ4n) is 0.380. The molecule has 0 aromatic rings. The highest BCUT2D eigenvalue weighted by atomic mass is 33.1. The van der Waals surface area contributed by atoms with Crippen molar-refractivity contribution in [2.45, 2.75) is 0 Å². The quantitative estimate of drug-likeness (QED) is 0.402. The summed E-state index contributed by atoms with van der Waals surface area (Å²) in [7, 11) is -0.124. The molecular formula is C4H6OS2. The first kappa shape index (κ1) is 5.12. The third-order valence-electron chi connectivity index (χ3n) is 0.683. The molecule has 0 spiro atoms. The van der Waals surface area contributed by atoms with Crippen LogP contribution in [0, 0.1) is 0 Å². The van der Waals surface area contributed by atoms with Crippen molar-refractivity contribution >= 4 is 20.6 Å². The maximum atomic E-state index is 10.0. The van der Waals surface area contributed by atoms with Crippen LogP contribution in [0.25, 0.3) is 0 Å². The Bertz CT molecular complexity index is 116. The van der Waals surface area contributed by atoms with Crippen LogP contribution < -0.4 is 0 Å². The van der Waals surface area contributed by atoms with Crippen LogP contribution in [0.4, 0.5) is 0 Å². The smallest absolute Gasteiger partial charge is 0.0534 e. The lowest BCUT2D eigenvalue weighted by Gasteiger charge is -1.91. The van der Waals surface area contributed by atoms with Gasteiger partial charge in [-0.25, -0.2) is 0 Å². The standard InChI is InChI=1S/C4H6OS2/c5-6-7-3-1-2-4-7/h1-4,6-7H. The summed E-state index contributed by atoms with van der Waals surface area (Å²) in [5, 5.41) is 3.92. The Morgan fingerprint density at radius 3 is 2.14 bits per heavy atom. The van der Waals surface area contributed by atoms with Crippen molar-refractivity contribution in [1.82, 2.24) is 0 Å². The van der Waals surface area contributed by atoms with Crippen molar-refractivity contribution in [3.8, 4) is 0 Å². The topological polar surface area (TPSA) is 17.1 Å². The van der Waals surface area contributed by atoms with E-state index in [0.29, 0.717) is 0 Å². The van der Waals surface area contributed by atoms with Crippen molar-refractivity contribution in [2.24, 2.45) is 0 Å². The predicted octanol–water partition coefficient (Wildman–Crippen LogP) is 0.889. The Labute approximate surface area is 48.3 Å². The van der Waals surface area contributed by atoms with Gasteiger partial charge in [-0.2, -0.15) is 0 Å². The third-order valence-corrected chi connectivity index (χ3v) is 3.19. The van der Waals surface area contributed by atoms with Gasteiger partial charge in [0.05, 0.1) is 10.7 Å². The van der Waals surface area contributed by atoms with Gasteiger partial charge in [-0.3, -0.25) is 4.21 Å². The Balaban J connectivity index is 2.59. The van der Waals surface area contributed by atoms with Gasteiger partial charge in [-0.1, -0.05) is 12.2 Å². The summed E-state index contributed by atoms with van der Waals surface area (Å²) < 4.78 is 10.0. The van der Waals surface area contributed by atoms with Crippen LogP contribution in [0.5, 0.6) is 0 Å². The molecule has 0 fully saturated rings. The second-order valence-corrected chi connectivity index (χ2v) is 4.54. The van der Waals surface area contributed by atoms with Gasteiger partial charge in [0.15, 0.2) is 0 Å². The predicted molar refractivity (Wildman–Crippen MR) is 36.8 cm³/mol. The summed E-state index contributed by atoms with van der Waals surface area (Å²) in [6.07, 6.45) is 3.85. The first-order chi connectivity index (χ1) is 3.43. The van der Waals surface area contributed by atoms with E-state index in [2.05, 4.69) is 0 Å². The third kappa shape index (κ3) is 1.17. The van der Waals surface area contributed by atoms with Gasteiger partial charge in [0.25, 0.3) is 0 Å². The summed E-state index contributed by atoms with van der Waals surface area (Å²) >= 11 is 0. The zero-order valence-electron chi connectivity index (χ0n) is 3.61. The molecule has 0 saturated heterocycles. The molecular weight excluding hydrogens is 128 g/mol. The van der Waals surface area contributed by atoms with E-state index in [1.165, 1.54) is 0 Å². The fraction of sp³-hybridized carbons (Fsp3) is 0. The number of allylic oxidation sites excluding steroid dienone is 2. The fourth-order valence-corrected chi connectivity index (χ4v) is 1.93. The number of hydrogen-bond acceptors (Lipinski definition) is 1. The van der Waals surface area contributed by atoms with E-state index in [0.717, 1.165) is 0 Å². The second-order valence-electron chi connectivity index (χ2n) is 1.14. The van der Waals surface area contributed by atoms with Crippen LogP contribution in [0.2, 0.25) is 0 Å². The highest BCUT2D eigenvalue weighted by molar-refractivity contribution is 8.74. The summed E-state index contributed by atoms with van der Waals surface area (Å²) in [5.74, 6) is 0.